The fourth-order valence-corrected chi connectivity index (χ4v) is 7.08. The van der Waals surface area contributed by atoms with Crippen LogP contribution < -0.4 is 21.1 Å². The third-order valence-corrected chi connectivity index (χ3v) is 9.54. The number of likely N-dealkylation sites (N-methyl/N-ethyl adjacent to an activating group) is 2. The molecule has 244 valence electrons. The van der Waals surface area contributed by atoms with Gasteiger partial charge < -0.3 is 20.4 Å². The summed E-state index contributed by atoms with van der Waals surface area (Å²) in [6, 6.07) is 11.9. The Morgan fingerprint density at radius 1 is 0.776 bits per heavy atom. The van der Waals surface area contributed by atoms with E-state index in [0.717, 1.165) is 86.9 Å². The van der Waals surface area contributed by atoms with Gasteiger partial charge in [-0.25, -0.2) is 9.97 Å². The number of carbonyl (C=O) groups is 2. The Balaban J connectivity index is 0.852. The van der Waals surface area contributed by atoms with Crippen LogP contribution in [0.1, 0.15) is 38.4 Å². The molecule has 8 rings (SSSR count). The van der Waals surface area contributed by atoms with Gasteiger partial charge in [0.2, 0.25) is 5.78 Å². The van der Waals surface area contributed by atoms with Gasteiger partial charge >= 0.3 is 0 Å². The van der Waals surface area contributed by atoms with Crippen LogP contribution in [0.25, 0.3) is 34.2 Å². The number of anilines is 2. The number of para-hydroxylation sites is 1. The quantitative estimate of drug-likeness (QED) is 0.204. The maximum absolute atomic E-state index is 13.4. The monoisotopic (exact) mass is 648 g/mol. The molecule has 0 atom stereocenters. The number of hydrogen-bond donors (Lipinski definition) is 2. The molecule has 0 fully saturated rings. The maximum atomic E-state index is 13.4. The van der Waals surface area contributed by atoms with Gasteiger partial charge in [-0.3, -0.25) is 19.6 Å². The Hall–Kier alpha value is -5.58. The molecule has 2 N–H and O–H groups in total. The van der Waals surface area contributed by atoms with Crippen LogP contribution in [0.15, 0.2) is 73.3 Å². The molecular weight excluding hydrogens is 612 g/mol. The van der Waals surface area contributed by atoms with Gasteiger partial charge in [0.05, 0.1) is 11.1 Å². The molecule has 3 aliphatic rings. The van der Waals surface area contributed by atoms with Crippen molar-refractivity contribution in [3.05, 3.63) is 117 Å². The van der Waals surface area contributed by atoms with Crippen LogP contribution in [-0.4, -0.2) is 94.7 Å². The molecule has 0 saturated heterocycles. The zero-order valence-electron chi connectivity index (χ0n) is 27.5. The third kappa shape index (κ3) is 5.58. The van der Waals surface area contributed by atoms with Gasteiger partial charge in [-0.1, -0.05) is 30.4 Å². The summed E-state index contributed by atoms with van der Waals surface area (Å²) in [6.45, 7) is 4.89. The molecule has 0 radical (unpaired) electrons. The number of hydrogen-bond acceptors (Lipinski definition) is 10. The number of ketones is 2. The summed E-state index contributed by atoms with van der Waals surface area (Å²) in [6.07, 6.45) is 15.5. The Morgan fingerprint density at radius 2 is 1.53 bits per heavy atom. The first-order valence-electron chi connectivity index (χ1n) is 16.7. The van der Waals surface area contributed by atoms with E-state index in [9.17, 15) is 9.59 Å². The molecule has 0 unspecified atom stereocenters. The molecule has 0 amide bonds. The lowest BCUT2D eigenvalue weighted by molar-refractivity contribution is 0.103. The lowest BCUT2D eigenvalue weighted by atomic mass is 10.0. The third-order valence-electron chi connectivity index (χ3n) is 9.54. The Labute approximate surface area is 283 Å². The summed E-state index contributed by atoms with van der Waals surface area (Å²) in [5.74, 6) is 1.26. The van der Waals surface area contributed by atoms with Crippen molar-refractivity contribution < 1.29 is 9.59 Å². The van der Waals surface area contributed by atoms with E-state index in [0.29, 0.717) is 35.7 Å². The van der Waals surface area contributed by atoms with Gasteiger partial charge in [0.25, 0.3) is 0 Å². The normalized spacial score (nSPS) is 13.6. The first-order valence-corrected chi connectivity index (χ1v) is 16.7. The zero-order valence-corrected chi connectivity index (χ0v) is 27.5. The van der Waals surface area contributed by atoms with Crippen molar-refractivity contribution in [2.24, 2.45) is 0 Å². The van der Waals surface area contributed by atoms with E-state index in [1.54, 1.807) is 30.7 Å². The predicted octanol–water partition coefficient (Wildman–Crippen LogP) is 3.37. The molecule has 0 bridgehead atoms. The minimum atomic E-state index is -0.0728. The van der Waals surface area contributed by atoms with Crippen LogP contribution in [-0.2, 0) is 0 Å². The van der Waals surface area contributed by atoms with Crippen molar-refractivity contribution in [1.29, 1.82) is 0 Å². The SMILES string of the molecule is CN(CCCN(C)CCNc1nc2c(c3c1C=c1cnccc1=3)=CC=CC2=O)CCNc1nc2ccccc2c2c1C(=O)c1cnccc1-2. The van der Waals surface area contributed by atoms with E-state index < -0.39 is 0 Å². The highest BCUT2D eigenvalue weighted by atomic mass is 16.1. The van der Waals surface area contributed by atoms with Gasteiger partial charge in [-0.2, -0.15) is 0 Å². The fourth-order valence-electron chi connectivity index (χ4n) is 7.08. The van der Waals surface area contributed by atoms with Crippen LogP contribution in [0, 0.1) is 10.4 Å². The van der Waals surface area contributed by atoms with Crippen molar-refractivity contribution in [2.75, 3.05) is 64.0 Å². The summed E-state index contributed by atoms with van der Waals surface area (Å²) >= 11 is 0. The smallest absolute Gasteiger partial charge is 0.204 e. The van der Waals surface area contributed by atoms with Gasteiger partial charge in [0.15, 0.2) is 5.78 Å². The molecule has 0 spiro atoms. The van der Waals surface area contributed by atoms with Crippen molar-refractivity contribution in [1.82, 2.24) is 29.7 Å². The number of allylic oxidation sites excluding steroid dienone is 2. The summed E-state index contributed by atoms with van der Waals surface area (Å²) in [5.41, 5.74) is 5.49. The Bertz CT molecular complexity index is 2420. The number of benzene rings is 1. The fraction of sp³-hybridized carbons (Fsp3) is 0.231. The standard InChI is InChI=1S/C39H36N8O2/c1-46(19-15-42-38-29-21-24-22-40-13-11-25(24)33(29)28-8-5-10-32(48)36(28)45-38)17-6-18-47(2)20-16-43-39-35-34(27-7-3-4-9-31(27)44-39)26-12-14-41-23-30(26)37(35)49/h3-5,7-14,21-23,42H,6,15-20H2,1-2H3,(H,43,44). The van der Waals surface area contributed by atoms with Crippen molar-refractivity contribution in [2.45, 2.75) is 6.42 Å². The molecule has 5 aromatic rings. The van der Waals surface area contributed by atoms with Crippen molar-refractivity contribution in [3.8, 4) is 11.1 Å². The number of rotatable bonds is 12. The van der Waals surface area contributed by atoms with Crippen LogP contribution in [0.4, 0.5) is 11.6 Å². The molecule has 4 aromatic heterocycles. The number of nitrogens with one attached hydrogen (secondary N) is 2. The Morgan fingerprint density at radius 3 is 2.37 bits per heavy atom. The molecule has 0 aliphatic heterocycles. The number of nitrogens with zero attached hydrogens (tertiary/aromatic N) is 6. The van der Waals surface area contributed by atoms with E-state index in [1.165, 1.54) is 0 Å². The second kappa shape index (κ2) is 12.8. The van der Waals surface area contributed by atoms with E-state index >= 15 is 0 Å². The van der Waals surface area contributed by atoms with E-state index in [4.69, 9.17) is 9.97 Å². The average Bonchev–Trinajstić information content (AvgIpc) is 3.65. The molecule has 10 heteroatoms. The molecule has 49 heavy (non-hydrogen) atoms. The van der Waals surface area contributed by atoms with Crippen LogP contribution in [0.3, 0.4) is 0 Å². The first-order chi connectivity index (χ1) is 24.0. The molecule has 10 nitrogen and oxygen atoms in total. The minimum Gasteiger partial charge on any atom is -0.368 e. The number of aromatic nitrogens is 4. The topological polar surface area (TPSA) is 116 Å². The van der Waals surface area contributed by atoms with Gasteiger partial charge in [0, 0.05) is 88.7 Å². The first kappa shape index (κ1) is 30.7. The summed E-state index contributed by atoms with van der Waals surface area (Å²) < 4.78 is 0. The average molecular weight is 649 g/mol. The van der Waals surface area contributed by atoms with Crippen LogP contribution >= 0.6 is 0 Å². The number of carbonyl (C=O) groups excluding carboxylic acids is 2. The van der Waals surface area contributed by atoms with E-state index in [1.807, 2.05) is 48.7 Å². The molecule has 3 aliphatic carbocycles. The van der Waals surface area contributed by atoms with E-state index in [2.05, 4.69) is 50.6 Å². The van der Waals surface area contributed by atoms with Crippen molar-refractivity contribution >= 4 is 46.3 Å². The summed E-state index contributed by atoms with van der Waals surface area (Å²) in [7, 11) is 4.25. The van der Waals surface area contributed by atoms with Gasteiger partial charge in [-0.15, -0.1) is 0 Å². The highest BCUT2D eigenvalue weighted by molar-refractivity contribution is 6.27. The number of pyridine rings is 4. The Kier molecular flexibility index (Phi) is 8.03. The zero-order chi connectivity index (χ0) is 33.5. The molecule has 0 saturated carbocycles. The van der Waals surface area contributed by atoms with Crippen LogP contribution in [0.5, 0.6) is 0 Å². The second-order valence-electron chi connectivity index (χ2n) is 12.8. The molecule has 1 aromatic carbocycles. The van der Waals surface area contributed by atoms with Gasteiger partial charge in [0.1, 0.15) is 17.3 Å². The molecular formula is C39H36N8O2. The maximum Gasteiger partial charge on any atom is 0.204 e. The summed E-state index contributed by atoms with van der Waals surface area (Å²) in [5, 5.41) is 12.0. The van der Waals surface area contributed by atoms with Gasteiger partial charge in [-0.05, 0) is 74.7 Å². The second-order valence-corrected chi connectivity index (χ2v) is 12.8. The van der Waals surface area contributed by atoms with Crippen LogP contribution in [0.2, 0.25) is 0 Å². The lowest BCUT2D eigenvalue weighted by Crippen LogP contribution is -2.31. The van der Waals surface area contributed by atoms with E-state index in [-0.39, 0.29) is 11.6 Å². The number of fused-ring (bicyclic) bond motifs is 9. The highest BCUT2D eigenvalue weighted by Crippen LogP contribution is 2.43. The minimum absolute atomic E-state index is 0.0267. The largest absolute Gasteiger partial charge is 0.368 e. The van der Waals surface area contributed by atoms with Crippen molar-refractivity contribution in [3.63, 3.8) is 0 Å². The highest BCUT2D eigenvalue weighted by Gasteiger charge is 2.32. The summed E-state index contributed by atoms with van der Waals surface area (Å²) in [4.78, 5) is 48.9. The molecule has 4 heterocycles. The lowest BCUT2D eigenvalue weighted by Gasteiger charge is -2.21. The predicted molar refractivity (Wildman–Crippen MR) is 192 cm³/mol.